The molecule has 24 heavy (non-hydrogen) atoms. The molecule has 2 rings (SSSR count). The Morgan fingerprint density at radius 2 is 1.83 bits per heavy atom. The van der Waals surface area contributed by atoms with Crippen LogP contribution in [-0.4, -0.2) is 67.6 Å². The molecular weight excluding hydrogens is 347 g/mol. The van der Waals surface area contributed by atoms with Gasteiger partial charge in [0.15, 0.2) is 0 Å². The topological polar surface area (TPSA) is 61.6 Å². The van der Waals surface area contributed by atoms with Crippen molar-refractivity contribution in [2.45, 2.75) is 57.0 Å². The molecule has 2 fully saturated rings. The second-order valence-electron chi connectivity index (χ2n) is 7.63. The zero-order valence-electron chi connectivity index (χ0n) is 15.4. The number of halogens is 2. The van der Waals surface area contributed by atoms with Crippen LogP contribution in [0.25, 0.3) is 0 Å². The van der Waals surface area contributed by atoms with E-state index in [-0.39, 0.29) is 42.2 Å². The number of piperidine rings is 1. The Kier molecular flexibility index (Phi) is 10.8. The van der Waals surface area contributed by atoms with Crippen LogP contribution in [0, 0.1) is 5.92 Å². The van der Waals surface area contributed by atoms with Crippen molar-refractivity contribution in [1.82, 2.24) is 15.1 Å². The normalized spacial score (nSPS) is 28.8. The maximum Gasteiger partial charge on any atom is 0.225 e. The average Bonchev–Trinajstić information content (AvgIpc) is 2.47. The molecule has 0 bridgehead atoms. The number of hydrogen-bond donors (Lipinski definition) is 2. The Bertz CT molecular complexity index is 372. The molecule has 1 aliphatic heterocycles. The van der Waals surface area contributed by atoms with E-state index in [1.165, 1.54) is 12.8 Å². The number of likely N-dealkylation sites (tertiary alicyclic amines) is 1. The van der Waals surface area contributed by atoms with Gasteiger partial charge in [0, 0.05) is 24.7 Å². The number of nitrogens with one attached hydrogen (secondary N) is 1. The molecule has 2 unspecified atom stereocenters. The summed E-state index contributed by atoms with van der Waals surface area (Å²) in [6, 6.07) is 0.714. The molecule has 0 aromatic carbocycles. The van der Waals surface area contributed by atoms with Crippen LogP contribution in [0.3, 0.4) is 0 Å². The largest absolute Gasteiger partial charge is 0.355 e. The molecule has 2 atom stereocenters. The zero-order valence-corrected chi connectivity index (χ0v) is 17.1. The van der Waals surface area contributed by atoms with Crippen LogP contribution in [0.2, 0.25) is 0 Å². The average molecular weight is 383 g/mol. The van der Waals surface area contributed by atoms with Crippen molar-refractivity contribution >= 4 is 30.7 Å². The predicted molar refractivity (Wildman–Crippen MR) is 105 cm³/mol. The van der Waals surface area contributed by atoms with Crippen LogP contribution in [0.5, 0.6) is 0 Å². The van der Waals surface area contributed by atoms with E-state index in [0.29, 0.717) is 6.04 Å². The van der Waals surface area contributed by atoms with Gasteiger partial charge in [-0.05, 0) is 59.8 Å². The third-order valence-electron chi connectivity index (χ3n) is 5.59. The smallest absolute Gasteiger partial charge is 0.225 e. The molecule has 1 saturated carbocycles. The first-order chi connectivity index (χ1) is 10.4. The third kappa shape index (κ3) is 6.68. The van der Waals surface area contributed by atoms with Gasteiger partial charge in [-0.1, -0.05) is 12.8 Å². The summed E-state index contributed by atoms with van der Waals surface area (Å²) >= 11 is 0. The van der Waals surface area contributed by atoms with E-state index in [1.54, 1.807) is 0 Å². The summed E-state index contributed by atoms with van der Waals surface area (Å²) in [4.78, 5) is 17.2. The molecule has 144 valence electrons. The van der Waals surface area contributed by atoms with Crippen LogP contribution in [0.15, 0.2) is 0 Å². The molecule has 2 aliphatic rings. The zero-order chi connectivity index (χ0) is 16.2. The van der Waals surface area contributed by atoms with Crippen molar-refractivity contribution in [3.8, 4) is 0 Å². The Balaban J connectivity index is 0.00000264. The Morgan fingerprint density at radius 1 is 1.21 bits per heavy atom. The molecule has 1 heterocycles. The summed E-state index contributed by atoms with van der Waals surface area (Å²) in [5, 5.41) is 3.12. The number of nitrogens with zero attached hydrogens (tertiary/aromatic N) is 2. The Morgan fingerprint density at radius 3 is 2.38 bits per heavy atom. The van der Waals surface area contributed by atoms with Crippen LogP contribution in [-0.2, 0) is 4.79 Å². The van der Waals surface area contributed by atoms with Gasteiger partial charge in [-0.15, -0.1) is 24.8 Å². The standard InChI is InChI=1S/C17H34N4O.2ClH/c1-17(18)9-5-4-6-15(17)16(22)19-10-13-21-11-7-14(8-12-21)20(2)3;;/h14-15H,4-13,18H2,1-3H3,(H,19,22);2*1H. The van der Waals surface area contributed by atoms with Gasteiger partial charge in [0.25, 0.3) is 0 Å². The number of carbonyl (C=O) groups is 1. The minimum absolute atomic E-state index is 0. The first-order valence-corrected chi connectivity index (χ1v) is 8.85. The van der Waals surface area contributed by atoms with Crippen molar-refractivity contribution in [1.29, 1.82) is 0 Å². The number of amides is 1. The minimum Gasteiger partial charge on any atom is -0.355 e. The molecule has 5 nitrogen and oxygen atoms in total. The molecule has 1 saturated heterocycles. The van der Waals surface area contributed by atoms with Crippen LogP contribution >= 0.6 is 24.8 Å². The SMILES string of the molecule is CN(C)C1CCN(CCNC(=O)C2CCCCC2(C)N)CC1.Cl.Cl. The number of carbonyl (C=O) groups excluding carboxylic acids is 1. The lowest BCUT2D eigenvalue weighted by Gasteiger charge is -2.38. The second-order valence-corrected chi connectivity index (χ2v) is 7.63. The van der Waals surface area contributed by atoms with E-state index < -0.39 is 0 Å². The van der Waals surface area contributed by atoms with Gasteiger partial charge in [0.2, 0.25) is 5.91 Å². The summed E-state index contributed by atoms with van der Waals surface area (Å²) in [5.74, 6) is 0.147. The number of rotatable bonds is 5. The number of hydrogen-bond acceptors (Lipinski definition) is 4. The summed E-state index contributed by atoms with van der Waals surface area (Å²) < 4.78 is 0. The molecule has 3 N–H and O–H groups in total. The Hall–Kier alpha value is -0.0700. The van der Waals surface area contributed by atoms with E-state index in [0.717, 1.165) is 51.9 Å². The highest BCUT2D eigenvalue weighted by atomic mass is 35.5. The molecule has 1 aliphatic carbocycles. The lowest BCUT2D eigenvalue weighted by molar-refractivity contribution is -0.128. The highest BCUT2D eigenvalue weighted by molar-refractivity contribution is 5.85. The quantitative estimate of drug-likeness (QED) is 0.761. The van der Waals surface area contributed by atoms with Gasteiger partial charge in [-0.2, -0.15) is 0 Å². The summed E-state index contributed by atoms with van der Waals surface area (Å²) in [6.45, 7) is 6.01. The summed E-state index contributed by atoms with van der Waals surface area (Å²) in [5.41, 5.74) is 5.98. The van der Waals surface area contributed by atoms with Crippen molar-refractivity contribution in [2.75, 3.05) is 40.3 Å². The molecule has 1 amide bonds. The van der Waals surface area contributed by atoms with Gasteiger partial charge in [-0.3, -0.25) is 4.79 Å². The highest BCUT2D eigenvalue weighted by Gasteiger charge is 2.37. The van der Waals surface area contributed by atoms with Gasteiger partial charge >= 0.3 is 0 Å². The second kappa shape index (κ2) is 10.8. The van der Waals surface area contributed by atoms with E-state index in [4.69, 9.17) is 5.73 Å². The highest BCUT2D eigenvalue weighted by Crippen LogP contribution is 2.31. The van der Waals surface area contributed by atoms with E-state index in [2.05, 4.69) is 29.2 Å². The summed E-state index contributed by atoms with van der Waals surface area (Å²) in [6.07, 6.45) is 6.63. The fraction of sp³-hybridized carbons (Fsp3) is 0.941. The maximum absolute atomic E-state index is 12.4. The van der Waals surface area contributed by atoms with Gasteiger partial charge in [-0.25, -0.2) is 0 Å². The van der Waals surface area contributed by atoms with E-state index >= 15 is 0 Å². The lowest BCUT2D eigenvalue weighted by atomic mass is 9.74. The van der Waals surface area contributed by atoms with E-state index in [9.17, 15) is 4.79 Å². The van der Waals surface area contributed by atoms with Crippen molar-refractivity contribution in [2.24, 2.45) is 11.7 Å². The first kappa shape index (κ1) is 23.9. The lowest BCUT2D eigenvalue weighted by Crippen LogP contribution is -2.53. The molecule has 0 radical (unpaired) electrons. The molecular formula is C17H36Cl2N4O. The fourth-order valence-electron chi connectivity index (χ4n) is 3.91. The van der Waals surface area contributed by atoms with Crippen LogP contribution < -0.4 is 11.1 Å². The van der Waals surface area contributed by atoms with Crippen LogP contribution in [0.4, 0.5) is 0 Å². The molecule has 7 heteroatoms. The van der Waals surface area contributed by atoms with Crippen molar-refractivity contribution in [3.63, 3.8) is 0 Å². The predicted octanol–water partition coefficient (Wildman–Crippen LogP) is 1.88. The van der Waals surface area contributed by atoms with Gasteiger partial charge in [0.05, 0.1) is 5.92 Å². The third-order valence-corrected chi connectivity index (χ3v) is 5.59. The Labute approximate surface area is 159 Å². The first-order valence-electron chi connectivity index (χ1n) is 8.85. The number of nitrogens with two attached hydrogens (primary N) is 1. The maximum atomic E-state index is 12.4. The van der Waals surface area contributed by atoms with Crippen molar-refractivity contribution in [3.05, 3.63) is 0 Å². The summed E-state index contributed by atoms with van der Waals surface area (Å²) in [7, 11) is 4.32. The van der Waals surface area contributed by atoms with Crippen molar-refractivity contribution < 1.29 is 4.79 Å². The van der Waals surface area contributed by atoms with E-state index in [1.807, 2.05) is 6.92 Å². The van der Waals surface area contributed by atoms with Gasteiger partial charge < -0.3 is 20.9 Å². The van der Waals surface area contributed by atoms with Crippen LogP contribution in [0.1, 0.15) is 45.4 Å². The van der Waals surface area contributed by atoms with Gasteiger partial charge in [0.1, 0.15) is 0 Å². The molecule has 0 aromatic rings. The molecule has 0 spiro atoms. The minimum atomic E-state index is -0.327. The fourth-order valence-corrected chi connectivity index (χ4v) is 3.91. The monoisotopic (exact) mass is 382 g/mol. The molecule has 0 aromatic heterocycles.